The molecular formula is C11H22N4O3S. The summed E-state index contributed by atoms with van der Waals surface area (Å²) < 4.78 is 29.8. The summed E-state index contributed by atoms with van der Waals surface area (Å²) in [7, 11) is -3.84. The molecule has 0 unspecified atom stereocenters. The van der Waals surface area contributed by atoms with Crippen molar-refractivity contribution in [1.29, 1.82) is 0 Å². The number of hydrogen-bond acceptors (Lipinski definition) is 5. The molecule has 0 spiro atoms. The fraction of sp³-hybridized carbons (Fsp3) is 0.818. The Balaban J connectivity index is 2.88. The van der Waals surface area contributed by atoms with Crippen LogP contribution in [-0.2, 0) is 27.7 Å². The van der Waals surface area contributed by atoms with Gasteiger partial charge in [0.2, 0.25) is 0 Å². The van der Waals surface area contributed by atoms with Crippen LogP contribution in [0.2, 0.25) is 0 Å². The number of nitrogens with zero attached hydrogens (tertiary/aromatic N) is 3. The summed E-state index contributed by atoms with van der Waals surface area (Å²) in [6.45, 7) is 7.70. The number of rotatable bonds is 8. The van der Waals surface area contributed by atoms with Gasteiger partial charge in [0.25, 0.3) is 15.2 Å². The van der Waals surface area contributed by atoms with Crippen LogP contribution in [-0.4, -0.2) is 36.4 Å². The highest BCUT2D eigenvalue weighted by atomic mass is 32.2. The number of ether oxygens (including phenoxy) is 1. The van der Waals surface area contributed by atoms with Crippen LogP contribution in [0.4, 0.5) is 0 Å². The van der Waals surface area contributed by atoms with Gasteiger partial charge >= 0.3 is 0 Å². The van der Waals surface area contributed by atoms with E-state index < -0.39 is 10.0 Å². The second-order valence-electron chi connectivity index (χ2n) is 4.81. The van der Waals surface area contributed by atoms with E-state index in [2.05, 4.69) is 10.2 Å². The third kappa shape index (κ3) is 4.88. The number of nitrogens with two attached hydrogens (primary N) is 1. The molecule has 0 bridgehead atoms. The van der Waals surface area contributed by atoms with Gasteiger partial charge in [-0.15, -0.1) is 10.2 Å². The van der Waals surface area contributed by atoms with Gasteiger partial charge in [0.05, 0.1) is 6.61 Å². The van der Waals surface area contributed by atoms with E-state index in [1.807, 2.05) is 20.8 Å². The maximum atomic E-state index is 11.4. The molecule has 1 rings (SSSR count). The minimum Gasteiger partial charge on any atom is -0.381 e. The molecule has 0 fully saturated rings. The molecule has 2 N–H and O–H groups in total. The molecule has 1 aromatic rings. The molecule has 1 heterocycles. The summed E-state index contributed by atoms with van der Waals surface area (Å²) in [6, 6.07) is 0. The molecule has 0 saturated heterocycles. The Bertz CT molecular complexity index is 496. The first-order chi connectivity index (χ1) is 8.86. The molecule has 0 aliphatic heterocycles. The van der Waals surface area contributed by atoms with Crippen LogP contribution in [0.1, 0.15) is 33.0 Å². The van der Waals surface area contributed by atoms with Crippen molar-refractivity contribution in [2.75, 3.05) is 13.2 Å². The van der Waals surface area contributed by atoms with Crippen molar-refractivity contribution in [2.24, 2.45) is 11.1 Å². The molecule has 0 amide bonds. The molecule has 7 nitrogen and oxygen atoms in total. The van der Waals surface area contributed by atoms with E-state index in [9.17, 15) is 8.42 Å². The molecule has 0 aromatic carbocycles. The highest BCUT2D eigenvalue weighted by Gasteiger charge is 2.21. The SMILES string of the molecule is CCCOCCc1nnc(S(N)(=O)=O)n1CC(C)C. The maximum Gasteiger partial charge on any atom is 0.273 e. The van der Waals surface area contributed by atoms with E-state index >= 15 is 0 Å². The van der Waals surface area contributed by atoms with Crippen molar-refractivity contribution >= 4 is 10.0 Å². The third-order valence-electron chi connectivity index (χ3n) is 2.41. The quantitative estimate of drug-likeness (QED) is 0.705. The first-order valence-corrected chi connectivity index (χ1v) is 7.93. The molecule has 0 saturated carbocycles. The van der Waals surface area contributed by atoms with Crippen molar-refractivity contribution in [2.45, 2.75) is 45.3 Å². The van der Waals surface area contributed by atoms with E-state index in [1.54, 1.807) is 4.57 Å². The van der Waals surface area contributed by atoms with Crippen LogP contribution in [0, 0.1) is 5.92 Å². The van der Waals surface area contributed by atoms with Gasteiger partial charge in [-0.2, -0.15) is 0 Å². The zero-order valence-corrected chi connectivity index (χ0v) is 12.5. The largest absolute Gasteiger partial charge is 0.381 e. The van der Waals surface area contributed by atoms with Crippen LogP contribution in [0.3, 0.4) is 0 Å². The minimum atomic E-state index is -3.84. The normalized spacial score (nSPS) is 12.3. The zero-order chi connectivity index (χ0) is 14.5. The van der Waals surface area contributed by atoms with Gasteiger partial charge in [-0.1, -0.05) is 20.8 Å². The standard InChI is InChI=1S/C11H22N4O3S/c1-4-6-18-7-5-10-13-14-11(19(12,16)17)15(10)8-9(2)3/h9H,4-8H2,1-3H3,(H2,12,16,17). The molecule has 0 atom stereocenters. The van der Waals surface area contributed by atoms with E-state index in [0.29, 0.717) is 32.0 Å². The summed E-state index contributed by atoms with van der Waals surface area (Å²) in [5.74, 6) is 0.862. The van der Waals surface area contributed by atoms with Crippen molar-refractivity contribution in [3.05, 3.63) is 5.82 Å². The van der Waals surface area contributed by atoms with Gasteiger partial charge in [-0.25, -0.2) is 13.6 Å². The van der Waals surface area contributed by atoms with E-state index in [1.165, 1.54) is 0 Å². The van der Waals surface area contributed by atoms with E-state index in [0.717, 1.165) is 6.42 Å². The summed E-state index contributed by atoms with van der Waals surface area (Å²) in [4.78, 5) is 0. The Morgan fingerprint density at radius 1 is 1.32 bits per heavy atom. The smallest absolute Gasteiger partial charge is 0.273 e. The highest BCUT2D eigenvalue weighted by Crippen LogP contribution is 2.11. The lowest BCUT2D eigenvalue weighted by Gasteiger charge is -2.11. The number of aromatic nitrogens is 3. The first-order valence-electron chi connectivity index (χ1n) is 6.38. The molecule has 19 heavy (non-hydrogen) atoms. The fourth-order valence-corrected chi connectivity index (χ4v) is 2.31. The second kappa shape index (κ2) is 6.97. The predicted molar refractivity (Wildman–Crippen MR) is 71.0 cm³/mol. The van der Waals surface area contributed by atoms with Gasteiger partial charge in [-0.05, 0) is 12.3 Å². The summed E-state index contributed by atoms with van der Waals surface area (Å²) >= 11 is 0. The van der Waals surface area contributed by atoms with E-state index in [4.69, 9.17) is 9.88 Å². The first kappa shape index (κ1) is 16.1. The Kier molecular flexibility index (Phi) is 5.89. The molecule has 110 valence electrons. The van der Waals surface area contributed by atoms with Crippen LogP contribution < -0.4 is 5.14 Å². The number of sulfonamides is 1. The van der Waals surface area contributed by atoms with E-state index in [-0.39, 0.29) is 11.1 Å². The van der Waals surface area contributed by atoms with Crippen LogP contribution >= 0.6 is 0 Å². The molecule has 1 aromatic heterocycles. The molecule has 0 radical (unpaired) electrons. The topological polar surface area (TPSA) is 100 Å². The number of hydrogen-bond donors (Lipinski definition) is 1. The lowest BCUT2D eigenvalue weighted by molar-refractivity contribution is 0.135. The van der Waals surface area contributed by atoms with Crippen molar-refractivity contribution in [3.63, 3.8) is 0 Å². The van der Waals surface area contributed by atoms with Crippen molar-refractivity contribution < 1.29 is 13.2 Å². The predicted octanol–water partition coefficient (Wildman–Crippen LogP) is 0.551. The lowest BCUT2D eigenvalue weighted by Crippen LogP contribution is -2.21. The van der Waals surface area contributed by atoms with Gasteiger partial charge < -0.3 is 9.30 Å². The Hall–Kier alpha value is -0.990. The molecule has 0 aliphatic rings. The maximum absolute atomic E-state index is 11.4. The van der Waals surface area contributed by atoms with Crippen molar-refractivity contribution in [1.82, 2.24) is 14.8 Å². The average Bonchev–Trinajstić information content (AvgIpc) is 2.66. The highest BCUT2D eigenvalue weighted by molar-refractivity contribution is 7.89. The monoisotopic (exact) mass is 290 g/mol. The Labute approximate surface area is 114 Å². The van der Waals surface area contributed by atoms with Gasteiger partial charge in [0, 0.05) is 19.6 Å². The second-order valence-corrected chi connectivity index (χ2v) is 6.27. The Morgan fingerprint density at radius 2 is 2.00 bits per heavy atom. The van der Waals surface area contributed by atoms with Crippen LogP contribution in [0.25, 0.3) is 0 Å². The minimum absolute atomic E-state index is 0.174. The average molecular weight is 290 g/mol. The molecular weight excluding hydrogens is 268 g/mol. The Morgan fingerprint density at radius 3 is 2.53 bits per heavy atom. The van der Waals surface area contributed by atoms with Crippen molar-refractivity contribution in [3.8, 4) is 0 Å². The van der Waals surface area contributed by atoms with Gasteiger partial charge in [0.1, 0.15) is 5.82 Å². The summed E-state index contributed by atoms with van der Waals surface area (Å²) in [6.07, 6.45) is 1.47. The van der Waals surface area contributed by atoms with Gasteiger partial charge in [0.15, 0.2) is 0 Å². The summed E-state index contributed by atoms with van der Waals surface area (Å²) in [5, 5.41) is 12.6. The lowest BCUT2D eigenvalue weighted by atomic mass is 10.2. The fourth-order valence-electron chi connectivity index (χ4n) is 1.67. The molecule has 8 heteroatoms. The molecule has 0 aliphatic carbocycles. The number of primary sulfonamides is 1. The van der Waals surface area contributed by atoms with Gasteiger partial charge in [-0.3, -0.25) is 0 Å². The zero-order valence-electron chi connectivity index (χ0n) is 11.7. The summed E-state index contributed by atoms with van der Waals surface area (Å²) in [5.41, 5.74) is 0. The van der Waals surface area contributed by atoms with Crippen LogP contribution in [0.5, 0.6) is 0 Å². The third-order valence-corrected chi connectivity index (χ3v) is 3.23. The van der Waals surface area contributed by atoms with Crippen LogP contribution in [0.15, 0.2) is 5.16 Å².